The minimum absolute atomic E-state index is 0.00875. The van der Waals surface area contributed by atoms with Crippen LogP contribution in [0.1, 0.15) is 184 Å². The third kappa shape index (κ3) is 6.84. The van der Waals surface area contributed by atoms with Gasteiger partial charge in [0.2, 0.25) is 0 Å². The van der Waals surface area contributed by atoms with E-state index in [0.29, 0.717) is 41.4 Å². The molecule has 0 aromatic heterocycles. The van der Waals surface area contributed by atoms with Crippen molar-refractivity contribution in [3.8, 4) is 0 Å². The van der Waals surface area contributed by atoms with Crippen molar-refractivity contribution in [2.75, 3.05) is 0 Å². The zero-order chi connectivity index (χ0) is 39.9. The molecule has 0 amide bonds. The molecular formula is C51H84O5. The summed E-state index contributed by atoms with van der Waals surface area (Å²) in [5.74, 6) is 6.86. The molecule has 318 valence electrons. The Bertz CT molecular complexity index is 1450. The predicted octanol–water partition coefficient (Wildman–Crippen LogP) is 11.3. The van der Waals surface area contributed by atoms with Crippen LogP contribution >= 0.6 is 0 Å². The van der Waals surface area contributed by atoms with Gasteiger partial charge in [0.05, 0.1) is 18.3 Å². The second-order valence-electron chi connectivity index (χ2n) is 23.7. The number of aliphatic hydroxyl groups excluding tert-OH is 3. The summed E-state index contributed by atoms with van der Waals surface area (Å²) in [4.78, 5) is 13.6. The number of hydrogen-bond donors (Lipinski definition) is 3. The lowest BCUT2D eigenvalue weighted by molar-refractivity contribution is -0.207. The van der Waals surface area contributed by atoms with Gasteiger partial charge in [-0.25, -0.2) is 0 Å². The van der Waals surface area contributed by atoms with Gasteiger partial charge in [-0.3, -0.25) is 4.79 Å². The Balaban J connectivity index is 0.851. The highest BCUT2D eigenvalue weighted by atomic mass is 16.5. The fourth-order valence-electron chi connectivity index (χ4n) is 17.7. The van der Waals surface area contributed by atoms with E-state index in [4.69, 9.17) is 4.74 Å². The number of carbonyl (C=O) groups excluding carboxylic acids is 1. The van der Waals surface area contributed by atoms with Crippen molar-refractivity contribution >= 4 is 5.97 Å². The van der Waals surface area contributed by atoms with Crippen LogP contribution in [-0.4, -0.2) is 45.7 Å². The van der Waals surface area contributed by atoms with E-state index >= 15 is 0 Å². The fourth-order valence-corrected chi connectivity index (χ4v) is 17.7. The van der Waals surface area contributed by atoms with E-state index < -0.39 is 0 Å². The maximum atomic E-state index is 13.6. The van der Waals surface area contributed by atoms with Crippen LogP contribution in [0.5, 0.6) is 0 Å². The Labute approximate surface area is 342 Å². The maximum Gasteiger partial charge on any atom is 0.306 e. The van der Waals surface area contributed by atoms with E-state index in [1.54, 1.807) is 5.57 Å². The van der Waals surface area contributed by atoms with Crippen molar-refractivity contribution in [1.29, 1.82) is 0 Å². The lowest BCUT2D eigenvalue weighted by Crippen LogP contribution is -2.62. The smallest absolute Gasteiger partial charge is 0.306 e. The van der Waals surface area contributed by atoms with Crippen LogP contribution < -0.4 is 0 Å². The second kappa shape index (κ2) is 15.5. The van der Waals surface area contributed by atoms with Crippen molar-refractivity contribution in [3.05, 3.63) is 11.6 Å². The molecule has 0 radical (unpaired) electrons. The van der Waals surface area contributed by atoms with E-state index in [-0.39, 0.29) is 52.5 Å². The summed E-state index contributed by atoms with van der Waals surface area (Å²) >= 11 is 0. The molecule has 8 aliphatic rings. The van der Waals surface area contributed by atoms with E-state index in [1.807, 2.05) is 0 Å². The first-order valence-corrected chi connectivity index (χ1v) is 24.4. The van der Waals surface area contributed by atoms with Gasteiger partial charge >= 0.3 is 5.97 Å². The first-order valence-electron chi connectivity index (χ1n) is 24.4. The number of fused-ring (bicyclic) bond motifs is 10. The third-order valence-corrected chi connectivity index (χ3v) is 20.9. The number of aliphatic hydroxyl groups is 3. The molecule has 5 heteroatoms. The number of allylic oxidation sites excluding steroid dienone is 1. The van der Waals surface area contributed by atoms with Crippen molar-refractivity contribution in [2.45, 2.75) is 208 Å². The fraction of sp³-hybridized carbons (Fsp3) is 0.941. The molecule has 3 N–H and O–H groups in total. The average Bonchev–Trinajstić information content (AvgIpc) is 3.69. The van der Waals surface area contributed by atoms with E-state index in [9.17, 15) is 20.1 Å². The lowest BCUT2D eigenvalue weighted by Gasteiger charge is -2.63. The predicted molar refractivity (Wildman–Crippen MR) is 225 cm³/mol. The summed E-state index contributed by atoms with van der Waals surface area (Å²) in [6.45, 7) is 19.6. The molecular weight excluding hydrogens is 693 g/mol. The van der Waals surface area contributed by atoms with Gasteiger partial charge in [0.1, 0.15) is 6.10 Å². The first kappa shape index (κ1) is 41.8. The summed E-state index contributed by atoms with van der Waals surface area (Å²) in [6.07, 6.45) is 23.4. The lowest BCUT2D eigenvalue weighted by atomic mass is 9.43. The van der Waals surface area contributed by atoms with Crippen LogP contribution in [-0.2, 0) is 9.53 Å². The van der Waals surface area contributed by atoms with Gasteiger partial charge in [-0.15, -0.1) is 0 Å². The van der Waals surface area contributed by atoms with E-state index in [0.717, 1.165) is 106 Å². The highest BCUT2D eigenvalue weighted by Crippen LogP contribution is 2.70. The van der Waals surface area contributed by atoms with Crippen molar-refractivity contribution < 1.29 is 24.9 Å². The third-order valence-electron chi connectivity index (χ3n) is 20.9. The van der Waals surface area contributed by atoms with Gasteiger partial charge in [0.25, 0.3) is 0 Å². The highest BCUT2D eigenvalue weighted by Gasteiger charge is 2.66. The van der Waals surface area contributed by atoms with Crippen LogP contribution in [0.4, 0.5) is 0 Å². The minimum Gasteiger partial charge on any atom is -0.462 e. The van der Waals surface area contributed by atoms with Gasteiger partial charge in [-0.2, -0.15) is 0 Å². The molecule has 19 atom stereocenters. The zero-order valence-corrected chi connectivity index (χ0v) is 37.1. The molecule has 0 bridgehead atoms. The Morgan fingerprint density at radius 3 is 2.23 bits per heavy atom. The SMILES string of the molecule is CC(C)CCC[C@@H](C)[C@H]1CC[C@H]2[C@@H]3CC=C4C[C@@H](OC(=O)CC[C@@H](C)[C@H]5CC[C@H]6[C@@H]7[C@H](O)C[C@@H]8C[C@H](O)CC[C@]8(C)[C@H]7C[C@H](O)[C@]56C)CC[C@]4(C)[C@H]3CC[C@]12C. The van der Waals surface area contributed by atoms with Crippen LogP contribution in [0.25, 0.3) is 0 Å². The van der Waals surface area contributed by atoms with Gasteiger partial charge in [-0.05, 0) is 189 Å². The number of rotatable bonds is 10. The van der Waals surface area contributed by atoms with E-state index in [1.165, 1.54) is 51.4 Å². The Hall–Kier alpha value is -0.910. The van der Waals surface area contributed by atoms with Crippen molar-refractivity contribution in [3.63, 3.8) is 0 Å². The minimum atomic E-state index is -0.388. The summed E-state index contributed by atoms with van der Waals surface area (Å²) in [5, 5.41) is 34.2. The van der Waals surface area contributed by atoms with Crippen LogP contribution in [0.3, 0.4) is 0 Å². The Morgan fingerprint density at radius 2 is 1.46 bits per heavy atom. The normalized spacial score (nSPS) is 50.7. The largest absolute Gasteiger partial charge is 0.462 e. The molecule has 5 nitrogen and oxygen atoms in total. The number of esters is 1. The van der Waals surface area contributed by atoms with Crippen molar-refractivity contribution in [1.82, 2.24) is 0 Å². The molecule has 56 heavy (non-hydrogen) atoms. The van der Waals surface area contributed by atoms with Gasteiger partial charge in [0, 0.05) is 12.8 Å². The van der Waals surface area contributed by atoms with Gasteiger partial charge in [0.15, 0.2) is 0 Å². The molecule has 8 rings (SSSR count). The number of ether oxygens (including phenoxy) is 1. The maximum absolute atomic E-state index is 13.6. The first-order chi connectivity index (χ1) is 26.5. The summed E-state index contributed by atoms with van der Waals surface area (Å²) < 4.78 is 6.33. The van der Waals surface area contributed by atoms with Crippen molar-refractivity contribution in [2.24, 2.45) is 92.7 Å². The Morgan fingerprint density at radius 1 is 0.750 bits per heavy atom. The van der Waals surface area contributed by atoms with Gasteiger partial charge in [-0.1, -0.05) is 86.3 Å². The highest BCUT2D eigenvalue weighted by molar-refractivity contribution is 5.69. The molecule has 0 spiro atoms. The Kier molecular flexibility index (Phi) is 11.6. The summed E-state index contributed by atoms with van der Waals surface area (Å²) in [7, 11) is 0. The average molecular weight is 777 g/mol. The number of hydrogen-bond acceptors (Lipinski definition) is 5. The van der Waals surface area contributed by atoms with Crippen LogP contribution in [0.15, 0.2) is 11.6 Å². The molecule has 8 aliphatic carbocycles. The summed E-state index contributed by atoms with van der Waals surface area (Å²) in [6, 6.07) is 0. The van der Waals surface area contributed by atoms with Gasteiger partial charge < -0.3 is 20.1 Å². The molecule has 7 saturated carbocycles. The molecule has 7 fully saturated rings. The zero-order valence-electron chi connectivity index (χ0n) is 37.1. The standard InChI is InChI=1S/C51H84O5/c1-30(2)10-9-11-31(3)38-15-17-40-37-14-13-33-27-36(21-24-48(33,5)41(37)22-25-50(38,40)7)56-46(55)19-12-32(4)39-16-18-42-47-43(29-45(54)51(39,42)8)49(6)23-20-35(52)26-34(49)28-44(47)53/h13,30-32,34-45,47,52-54H,9-12,14-29H2,1-8H3/t31-,32-,34+,35-,36+,37+,38-,39-,40+,41+,42+,43+,44-,45+,47+,48+,49+,50-,51-/m1/s1. The number of carbonyl (C=O) groups is 1. The molecule has 0 aliphatic heterocycles. The topological polar surface area (TPSA) is 87.0 Å². The molecule has 0 aromatic carbocycles. The molecule has 0 unspecified atom stereocenters. The molecule has 0 saturated heterocycles. The molecule has 0 aromatic rings. The summed E-state index contributed by atoms with van der Waals surface area (Å²) in [5.41, 5.74) is 2.23. The quantitative estimate of drug-likeness (QED) is 0.152. The monoisotopic (exact) mass is 777 g/mol. The van der Waals surface area contributed by atoms with E-state index in [2.05, 4.69) is 61.5 Å². The second-order valence-corrected chi connectivity index (χ2v) is 23.7. The van der Waals surface area contributed by atoms with Crippen LogP contribution in [0, 0.1) is 92.7 Å². The van der Waals surface area contributed by atoms with Crippen LogP contribution in [0.2, 0.25) is 0 Å². The molecule has 0 heterocycles.